The van der Waals surface area contributed by atoms with Crippen molar-refractivity contribution in [2.45, 2.75) is 13.8 Å². The van der Waals surface area contributed by atoms with Crippen LogP contribution in [0.25, 0.3) is 11.1 Å². The molecule has 0 unspecified atom stereocenters. The average Bonchev–Trinajstić information content (AvgIpc) is 2.42. The number of carbonyl (C=O) groups is 1. The molecule has 110 valence electrons. The number of benzene rings is 2. The van der Waals surface area contributed by atoms with Gasteiger partial charge in [0.15, 0.2) is 0 Å². The second-order valence-corrected chi connectivity index (χ2v) is 5.64. The van der Waals surface area contributed by atoms with Crippen molar-refractivity contribution in [3.63, 3.8) is 0 Å². The molecule has 0 spiro atoms. The van der Waals surface area contributed by atoms with Gasteiger partial charge in [0, 0.05) is 15.2 Å². The number of carbonyl (C=O) groups excluding carboxylic acids is 1. The minimum absolute atomic E-state index is 0.250. The van der Waals surface area contributed by atoms with E-state index in [0.29, 0.717) is 11.1 Å². The third-order valence-corrected chi connectivity index (χ3v) is 4.20. The zero-order valence-electron chi connectivity index (χ0n) is 11.5. The molecule has 2 aromatic rings. The summed E-state index contributed by atoms with van der Waals surface area (Å²) in [6.45, 7) is 3.80. The molecule has 0 saturated heterocycles. The Bertz CT molecular complexity index is 699. The van der Waals surface area contributed by atoms with Gasteiger partial charge in [-0.25, -0.2) is 13.6 Å². The van der Waals surface area contributed by atoms with Crippen LogP contribution in [0.5, 0.6) is 0 Å². The fourth-order valence-corrected chi connectivity index (χ4v) is 2.60. The normalized spacial score (nSPS) is 10.5. The summed E-state index contributed by atoms with van der Waals surface area (Å²) in [5.74, 6) is -1.74. The van der Waals surface area contributed by atoms with Crippen LogP contribution in [0.3, 0.4) is 0 Å². The van der Waals surface area contributed by atoms with Crippen molar-refractivity contribution in [2.24, 2.45) is 0 Å². The van der Waals surface area contributed by atoms with Gasteiger partial charge >= 0.3 is 5.97 Å². The van der Waals surface area contributed by atoms with Gasteiger partial charge in [0.2, 0.25) is 0 Å². The van der Waals surface area contributed by atoms with E-state index in [1.165, 1.54) is 12.1 Å². The molecule has 0 amide bonds. The Morgan fingerprint density at radius 3 is 2.57 bits per heavy atom. The summed E-state index contributed by atoms with van der Waals surface area (Å²) in [5.41, 5.74) is 1.94. The van der Waals surface area contributed by atoms with Gasteiger partial charge in [0.1, 0.15) is 11.6 Å². The van der Waals surface area contributed by atoms with E-state index in [1.807, 2.05) is 0 Å². The molecule has 0 aliphatic carbocycles. The maximum absolute atomic E-state index is 13.9. The van der Waals surface area contributed by atoms with Crippen molar-refractivity contribution in [3.8, 4) is 11.1 Å². The van der Waals surface area contributed by atoms with Crippen LogP contribution in [-0.2, 0) is 4.74 Å². The second kappa shape index (κ2) is 6.51. The second-order valence-electron chi connectivity index (χ2n) is 4.48. The van der Waals surface area contributed by atoms with Crippen molar-refractivity contribution in [1.29, 1.82) is 0 Å². The Labute approximate surface area is 135 Å². The molecule has 0 radical (unpaired) electrons. The fraction of sp³-hybridized carbons (Fsp3) is 0.188. The smallest absolute Gasteiger partial charge is 0.338 e. The van der Waals surface area contributed by atoms with Crippen molar-refractivity contribution >= 4 is 28.6 Å². The first-order chi connectivity index (χ1) is 9.93. The van der Waals surface area contributed by atoms with Crippen LogP contribution in [0.15, 0.2) is 30.3 Å². The molecule has 0 fully saturated rings. The lowest BCUT2D eigenvalue weighted by Crippen LogP contribution is -2.08. The van der Waals surface area contributed by atoms with E-state index in [0.717, 1.165) is 15.2 Å². The molecule has 0 aromatic heterocycles. The summed E-state index contributed by atoms with van der Waals surface area (Å²) < 4.78 is 32.7. The Morgan fingerprint density at radius 1 is 1.24 bits per heavy atom. The SMILES string of the molecule is CCOC(=O)c1cc(-c2ccc(F)cc2F)cc(I)c1C. The molecule has 5 heteroatoms. The third-order valence-electron chi connectivity index (χ3n) is 3.08. The van der Waals surface area contributed by atoms with Crippen molar-refractivity contribution in [2.75, 3.05) is 6.61 Å². The van der Waals surface area contributed by atoms with E-state index >= 15 is 0 Å². The maximum atomic E-state index is 13.9. The molecule has 0 aliphatic heterocycles. The van der Waals surface area contributed by atoms with Crippen LogP contribution in [0.1, 0.15) is 22.8 Å². The first kappa shape index (κ1) is 15.9. The minimum atomic E-state index is -0.663. The van der Waals surface area contributed by atoms with Gasteiger partial charge in [0.25, 0.3) is 0 Å². The monoisotopic (exact) mass is 402 g/mol. The number of halogens is 3. The van der Waals surface area contributed by atoms with E-state index in [-0.39, 0.29) is 12.2 Å². The Morgan fingerprint density at radius 2 is 1.95 bits per heavy atom. The van der Waals surface area contributed by atoms with E-state index < -0.39 is 17.6 Å². The van der Waals surface area contributed by atoms with Gasteiger partial charge < -0.3 is 4.74 Å². The fourth-order valence-electron chi connectivity index (χ4n) is 1.98. The molecule has 2 rings (SSSR count). The predicted octanol–water partition coefficient (Wildman–Crippen LogP) is 4.72. The van der Waals surface area contributed by atoms with Crippen molar-refractivity contribution in [1.82, 2.24) is 0 Å². The predicted molar refractivity (Wildman–Crippen MR) is 85.2 cm³/mol. The quantitative estimate of drug-likeness (QED) is 0.549. The van der Waals surface area contributed by atoms with Crippen molar-refractivity contribution < 1.29 is 18.3 Å². The Balaban J connectivity index is 2.57. The van der Waals surface area contributed by atoms with Crippen LogP contribution in [0.4, 0.5) is 8.78 Å². The highest BCUT2D eigenvalue weighted by Crippen LogP contribution is 2.29. The highest BCUT2D eigenvalue weighted by molar-refractivity contribution is 14.1. The molecule has 21 heavy (non-hydrogen) atoms. The standard InChI is InChI=1S/C16H13F2IO2/c1-3-21-16(20)13-6-10(7-15(19)9(13)2)12-5-4-11(17)8-14(12)18/h4-8H,3H2,1-2H3. The van der Waals surface area contributed by atoms with E-state index in [1.54, 1.807) is 26.0 Å². The van der Waals surface area contributed by atoms with Crippen LogP contribution < -0.4 is 0 Å². The van der Waals surface area contributed by atoms with E-state index in [4.69, 9.17) is 4.74 Å². The van der Waals surface area contributed by atoms with Crippen molar-refractivity contribution in [3.05, 3.63) is 56.7 Å². The van der Waals surface area contributed by atoms with Gasteiger partial charge in [-0.2, -0.15) is 0 Å². The molecule has 2 aromatic carbocycles. The number of hydrogen-bond acceptors (Lipinski definition) is 2. The maximum Gasteiger partial charge on any atom is 0.338 e. The molecular weight excluding hydrogens is 389 g/mol. The minimum Gasteiger partial charge on any atom is -0.462 e. The highest BCUT2D eigenvalue weighted by Gasteiger charge is 2.16. The molecule has 2 nitrogen and oxygen atoms in total. The summed E-state index contributed by atoms with van der Waals surface area (Å²) in [7, 11) is 0. The van der Waals surface area contributed by atoms with Crippen LogP contribution >= 0.6 is 22.6 Å². The molecule has 0 aliphatic rings. The first-order valence-electron chi connectivity index (χ1n) is 6.36. The van der Waals surface area contributed by atoms with Gasteiger partial charge in [-0.15, -0.1) is 0 Å². The summed E-state index contributed by atoms with van der Waals surface area (Å²) in [5, 5.41) is 0. The lowest BCUT2D eigenvalue weighted by Gasteiger charge is -2.11. The Kier molecular flexibility index (Phi) is 4.92. The number of rotatable bonds is 3. The lowest BCUT2D eigenvalue weighted by molar-refractivity contribution is 0.0525. The average molecular weight is 402 g/mol. The zero-order valence-corrected chi connectivity index (χ0v) is 13.7. The summed E-state index contributed by atoms with van der Waals surface area (Å²) in [6, 6.07) is 6.71. The lowest BCUT2D eigenvalue weighted by atomic mass is 9.99. The topological polar surface area (TPSA) is 26.3 Å². The highest BCUT2D eigenvalue weighted by atomic mass is 127. The molecule has 0 atom stereocenters. The zero-order chi connectivity index (χ0) is 15.6. The van der Waals surface area contributed by atoms with Gasteiger partial charge in [-0.05, 0) is 71.8 Å². The Hall–Kier alpha value is -1.50. The van der Waals surface area contributed by atoms with E-state index in [9.17, 15) is 13.6 Å². The molecular formula is C16H13F2IO2. The molecule has 0 saturated carbocycles. The number of ether oxygens (including phenoxy) is 1. The van der Waals surface area contributed by atoms with E-state index in [2.05, 4.69) is 22.6 Å². The largest absolute Gasteiger partial charge is 0.462 e. The van der Waals surface area contributed by atoms with Crippen LogP contribution in [-0.4, -0.2) is 12.6 Å². The molecule has 0 N–H and O–H groups in total. The summed E-state index contributed by atoms with van der Waals surface area (Å²) in [6.07, 6.45) is 0. The van der Waals surface area contributed by atoms with Gasteiger partial charge in [-0.1, -0.05) is 0 Å². The first-order valence-corrected chi connectivity index (χ1v) is 7.44. The number of esters is 1. The molecule has 0 bridgehead atoms. The van der Waals surface area contributed by atoms with Gasteiger partial charge in [-0.3, -0.25) is 0 Å². The van der Waals surface area contributed by atoms with Gasteiger partial charge in [0.05, 0.1) is 12.2 Å². The third kappa shape index (κ3) is 3.40. The summed E-state index contributed by atoms with van der Waals surface area (Å²) >= 11 is 2.08. The summed E-state index contributed by atoms with van der Waals surface area (Å²) in [4.78, 5) is 12.0. The molecule has 0 heterocycles. The van der Waals surface area contributed by atoms with Crippen LogP contribution in [0.2, 0.25) is 0 Å². The number of hydrogen-bond donors (Lipinski definition) is 0. The van der Waals surface area contributed by atoms with Crippen LogP contribution in [0, 0.1) is 22.1 Å².